The molecule has 1 aliphatic heterocycles. The summed E-state index contributed by atoms with van der Waals surface area (Å²) in [5, 5.41) is 20.7. The number of carbonyl (C=O) groups is 1. The van der Waals surface area contributed by atoms with Gasteiger partial charge < -0.3 is 19.8 Å². The van der Waals surface area contributed by atoms with Gasteiger partial charge in [0.2, 0.25) is 0 Å². The van der Waals surface area contributed by atoms with Crippen LogP contribution in [0.25, 0.3) is 0 Å². The highest BCUT2D eigenvalue weighted by molar-refractivity contribution is 5.95. The first-order valence-corrected chi connectivity index (χ1v) is 10.6. The van der Waals surface area contributed by atoms with E-state index < -0.39 is 12.2 Å². The predicted octanol–water partition coefficient (Wildman–Crippen LogP) is 3.49. The number of nitrogens with zero attached hydrogens (tertiary/aromatic N) is 1. The van der Waals surface area contributed by atoms with Crippen LogP contribution in [0.15, 0.2) is 42.5 Å². The molecule has 2 aromatic rings. The van der Waals surface area contributed by atoms with Gasteiger partial charge in [-0.2, -0.15) is 0 Å². The summed E-state index contributed by atoms with van der Waals surface area (Å²) in [6.45, 7) is 2.74. The number of halogens is 1. The Hall–Kier alpha value is -2.44. The first-order valence-electron chi connectivity index (χ1n) is 10.6. The lowest BCUT2D eigenvalue weighted by atomic mass is 10.0. The number of benzene rings is 2. The summed E-state index contributed by atoms with van der Waals surface area (Å²) in [5.41, 5.74) is 2.32. The van der Waals surface area contributed by atoms with E-state index in [9.17, 15) is 19.4 Å². The maximum absolute atomic E-state index is 13.7. The number of hydrogen-bond donors (Lipinski definition) is 2. The second kappa shape index (κ2) is 10.5. The van der Waals surface area contributed by atoms with E-state index >= 15 is 0 Å². The van der Waals surface area contributed by atoms with Gasteiger partial charge in [-0.15, -0.1) is 0 Å². The fourth-order valence-corrected chi connectivity index (χ4v) is 3.74. The van der Waals surface area contributed by atoms with Gasteiger partial charge in [-0.25, -0.2) is 4.39 Å². The monoisotopic (exact) mass is 415 g/mol. The normalized spacial score (nSPS) is 21.3. The van der Waals surface area contributed by atoms with Gasteiger partial charge in [0.25, 0.3) is 5.91 Å². The van der Waals surface area contributed by atoms with Crippen LogP contribution in [0.2, 0.25) is 0 Å². The summed E-state index contributed by atoms with van der Waals surface area (Å²) >= 11 is 0. The number of ether oxygens (including phenoxy) is 1. The molecular formula is C24H30FNO4. The fourth-order valence-electron chi connectivity index (χ4n) is 3.74. The molecule has 0 saturated heterocycles. The third-order valence-electron chi connectivity index (χ3n) is 5.61. The van der Waals surface area contributed by atoms with E-state index in [2.05, 4.69) is 0 Å². The van der Waals surface area contributed by atoms with Crippen LogP contribution in [0.1, 0.15) is 47.2 Å². The minimum Gasteiger partial charge on any atom is -0.491 e. The first-order chi connectivity index (χ1) is 14.5. The van der Waals surface area contributed by atoms with Crippen molar-refractivity contribution in [2.24, 2.45) is 0 Å². The minimum atomic E-state index is -1.10. The highest BCUT2D eigenvalue weighted by Gasteiger charge is 2.22. The third-order valence-corrected chi connectivity index (χ3v) is 5.61. The van der Waals surface area contributed by atoms with E-state index in [-0.39, 0.29) is 24.8 Å². The van der Waals surface area contributed by atoms with E-state index in [1.165, 1.54) is 12.1 Å². The molecule has 0 bridgehead atoms. The molecule has 1 amide bonds. The molecular weight excluding hydrogens is 385 g/mol. The van der Waals surface area contributed by atoms with Crippen molar-refractivity contribution in [3.05, 3.63) is 65.0 Å². The molecule has 0 aromatic heterocycles. The SMILES string of the molecule is Cc1ccccc1C(=O)N1CCCCCc2cc(F)ccc2OC[C@@H](O)[C@@H](O)CC1. The van der Waals surface area contributed by atoms with E-state index in [0.717, 1.165) is 30.4 Å². The zero-order valence-corrected chi connectivity index (χ0v) is 17.4. The van der Waals surface area contributed by atoms with Gasteiger partial charge >= 0.3 is 0 Å². The van der Waals surface area contributed by atoms with Crippen molar-refractivity contribution in [1.82, 2.24) is 4.90 Å². The Labute approximate surface area is 177 Å². The Kier molecular flexibility index (Phi) is 7.82. The van der Waals surface area contributed by atoms with Gasteiger partial charge in [0.15, 0.2) is 0 Å². The van der Waals surface area contributed by atoms with Gasteiger partial charge in [0.1, 0.15) is 24.3 Å². The van der Waals surface area contributed by atoms with Gasteiger partial charge in [0.05, 0.1) is 6.10 Å². The largest absolute Gasteiger partial charge is 0.491 e. The molecule has 0 unspecified atom stereocenters. The molecule has 1 heterocycles. The number of fused-ring (bicyclic) bond motifs is 1. The van der Waals surface area contributed by atoms with Crippen molar-refractivity contribution in [3.63, 3.8) is 0 Å². The molecule has 162 valence electrons. The molecule has 0 saturated carbocycles. The summed E-state index contributed by atoms with van der Waals surface area (Å²) in [6, 6.07) is 11.8. The molecule has 3 rings (SSSR count). The van der Waals surface area contributed by atoms with E-state index in [4.69, 9.17) is 4.74 Å². The molecule has 5 nitrogen and oxygen atoms in total. The summed E-state index contributed by atoms with van der Waals surface area (Å²) < 4.78 is 19.3. The number of aliphatic hydroxyl groups excluding tert-OH is 2. The molecule has 2 atom stereocenters. The standard InChI is InChI=1S/C24H30FNO4/c1-17-7-4-5-9-20(17)24(29)26-13-6-2-3-8-18-15-19(25)10-11-23(18)30-16-22(28)21(27)12-14-26/h4-5,7,9-11,15,21-22,27-28H,2-3,6,8,12-14,16H2,1H3/t21-,22+/m0/s1. The zero-order chi connectivity index (χ0) is 21.5. The van der Waals surface area contributed by atoms with E-state index in [1.54, 1.807) is 11.0 Å². The summed E-state index contributed by atoms with van der Waals surface area (Å²) in [6.07, 6.45) is 1.32. The smallest absolute Gasteiger partial charge is 0.254 e. The minimum absolute atomic E-state index is 0.0643. The van der Waals surface area contributed by atoms with Crippen molar-refractivity contribution >= 4 is 5.91 Å². The fraction of sp³-hybridized carbons (Fsp3) is 0.458. The van der Waals surface area contributed by atoms with Crippen LogP contribution in [0.4, 0.5) is 4.39 Å². The second-order valence-corrected chi connectivity index (χ2v) is 7.90. The van der Waals surface area contributed by atoms with Gasteiger partial charge in [-0.3, -0.25) is 4.79 Å². The Morgan fingerprint density at radius 2 is 1.87 bits per heavy atom. The highest BCUT2D eigenvalue weighted by atomic mass is 19.1. The highest BCUT2D eigenvalue weighted by Crippen LogP contribution is 2.23. The van der Waals surface area contributed by atoms with Gasteiger partial charge in [-0.1, -0.05) is 24.6 Å². The van der Waals surface area contributed by atoms with Crippen molar-refractivity contribution < 1.29 is 24.1 Å². The maximum Gasteiger partial charge on any atom is 0.254 e. The molecule has 6 heteroatoms. The number of hydrogen-bond acceptors (Lipinski definition) is 4. The lowest BCUT2D eigenvalue weighted by Crippen LogP contribution is -2.39. The Bertz CT molecular complexity index is 857. The third kappa shape index (κ3) is 5.80. The van der Waals surface area contributed by atoms with E-state index in [0.29, 0.717) is 30.8 Å². The predicted molar refractivity (Wildman–Crippen MR) is 113 cm³/mol. The van der Waals surface area contributed by atoms with Crippen molar-refractivity contribution in [1.29, 1.82) is 0 Å². The van der Waals surface area contributed by atoms with Crippen LogP contribution in [0.5, 0.6) is 5.75 Å². The van der Waals surface area contributed by atoms with Crippen molar-refractivity contribution in [3.8, 4) is 5.75 Å². The average Bonchev–Trinajstić information content (AvgIpc) is 2.74. The Morgan fingerprint density at radius 1 is 1.07 bits per heavy atom. The van der Waals surface area contributed by atoms with Crippen LogP contribution in [0, 0.1) is 12.7 Å². The van der Waals surface area contributed by atoms with Crippen LogP contribution < -0.4 is 4.74 Å². The number of aryl methyl sites for hydroxylation is 2. The van der Waals surface area contributed by atoms with Crippen LogP contribution in [-0.4, -0.2) is 52.9 Å². The van der Waals surface area contributed by atoms with Crippen molar-refractivity contribution in [2.45, 2.75) is 51.2 Å². The van der Waals surface area contributed by atoms with Gasteiger partial charge in [-0.05, 0) is 68.0 Å². The molecule has 0 aliphatic carbocycles. The summed E-state index contributed by atoms with van der Waals surface area (Å²) in [4.78, 5) is 14.8. The van der Waals surface area contributed by atoms with E-state index in [1.807, 2.05) is 31.2 Å². The lowest BCUT2D eigenvalue weighted by Gasteiger charge is -2.27. The second-order valence-electron chi connectivity index (χ2n) is 7.90. The Balaban J connectivity index is 1.74. The van der Waals surface area contributed by atoms with Crippen LogP contribution in [0.3, 0.4) is 0 Å². The molecule has 2 N–H and O–H groups in total. The Morgan fingerprint density at radius 3 is 2.67 bits per heavy atom. The molecule has 0 radical (unpaired) electrons. The number of aliphatic hydroxyl groups is 2. The average molecular weight is 416 g/mol. The quantitative estimate of drug-likeness (QED) is 0.748. The molecule has 0 fully saturated rings. The van der Waals surface area contributed by atoms with Crippen molar-refractivity contribution in [2.75, 3.05) is 19.7 Å². The summed E-state index contributed by atoms with van der Waals surface area (Å²) in [7, 11) is 0. The first kappa shape index (κ1) is 22.2. The molecule has 2 aromatic carbocycles. The lowest BCUT2D eigenvalue weighted by molar-refractivity contribution is -0.0153. The van der Waals surface area contributed by atoms with Gasteiger partial charge in [0, 0.05) is 18.7 Å². The number of amides is 1. The topological polar surface area (TPSA) is 70.0 Å². The number of rotatable bonds is 1. The number of carbonyl (C=O) groups excluding carboxylic acids is 1. The summed E-state index contributed by atoms with van der Waals surface area (Å²) in [5.74, 6) is 0.149. The molecule has 0 spiro atoms. The maximum atomic E-state index is 13.7. The molecule has 30 heavy (non-hydrogen) atoms. The van der Waals surface area contributed by atoms with Crippen LogP contribution >= 0.6 is 0 Å². The zero-order valence-electron chi connectivity index (χ0n) is 17.4. The van der Waals surface area contributed by atoms with Crippen LogP contribution in [-0.2, 0) is 6.42 Å². The molecule has 1 aliphatic rings.